The fourth-order valence-electron chi connectivity index (χ4n) is 0.841. The first kappa shape index (κ1) is 8.93. The van der Waals surface area contributed by atoms with Gasteiger partial charge in [-0.3, -0.25) is 10.1 Å². The number of aryl methyl sites for hydroxylation is 1. The minimum Gasteiger partial charge on any atom is -0.259 e. The summed E-state index contributed by atoms with van der Waals surface area (Å²) < 4.78 is 0. The number of rotatable bonds is 4. The van der Waals surface area contributed by atoms with Gasteiger partial charge in [-0.25, -0.2) is 0 Å². The Kier molecular flexibility index (Phi) is 3.47. The number of nitro groups is 1. The average Bonchev–Trinajstić information content (AvgIpc) is 2.49. The Morgan fingerprint density at radius 1 is 1.67 bits per heavy atom. The highest BCUT2D eigenvalue weighted by atomic mass is 32.1. The predicted octanol–water partition coefficient (Wildman–Crippen LogP) is 2.47. The van der Waals surface area contributed by atoms with Crippen LogP contribution in [0.3, 0.4) is 0 Å². The van der Waals surface area contributed by atoms with Gasteiger partial charge in [-0.2, -0.15) is 0 Å². The van der Waals surface area contributed by atoms with E-state index >= 15 is 0 Å². The quantitative estimate of drug-likeness (QED) is 0.531. The molecule has 0 aromatic carbocycles. The van der Waals surface area contributed by atoms with Crippen LogP contribution in [0.1, 0.15) is 11.3 Å². The number of allylic oxidation sites excluding steroid dienone is 1. The molecule has 0 bridgehead atoms. The largest absolute Gasteiger partial charge is 0.259 e. The van der Waals surface area contributed by atoms with Gasteiger partial charge in [-0.1, -0.05) is 6.07 Å². The lowest BCUT2D eigenvalue weighted by atomic mass is 10.2. The van der Waals surface area contributed by atoms with Crippen LogP contribution in [0.4, 0.5) is 0 Å². The van der Waals surface area contributed by atoms with Crippen molar-refractivity contribution in [2.45, 2.75) is 12.8 Å². The molecule has 0 unspecified atom stereocenters. The highest BCUT2D eigenvalue weighted by molar-refractivity contribution is 7.09. The molecular weight excluding hydrogens is 174 g/mol. The standard InChI is InChI=1S/C8H9NO2S/c10-9(11)6-2-1-4-8-5-3-7-12-8/h2-3,5-7H,1,4H2. The van der Waals surface area contributed by atoms with E-state index in [-0.39, 0.29) is 0 Å². The molecule has 12 heavy (non-hydrogen) atoms. The van der Waals surface area contributed by atoms with Crippen molar-refractivity contribution in [3.63, 3.8) is 0 Å². The van der Waals surface area contributed by atoms with Gasteiger partial charge in [-0.05, 0) is 30.4 Å². The van der Waals surface area contributed by atoms with Crippen molar-refractivity contribution in [2.75, 3.05) is 0 Å². The second-order valence-electron chi connectivity index (χ2n) is 2.29. The van der Waals surface area contributed by atoms with Gasteiger partial charge in [0.15, 0.2) is 0 Å². The lowest BCUT2D eigenvalue weighted by Crippen LogP contribution is -1.83. The fraction of sp³-hybridized carbons (Fsp3) is 0.250. The molecule has 1 aromatic heterocycles. The summed E-state index contributed by atoms with van der Waals surface area (Å²) in [7, 11) is 0. The third-order valence-electron chi connectivity index (χ3n) is 1.36. The second-order valence-corrected chi connectivity index (χ2v) is 3.32. The zero-order valence-corrected chi connectivity index (χ0v) is 7.29. The maximum atomic E-state index is 9.88. The average molecular weight is 183 g/mol. The van der Waals surface area contributed by atoms with Crippen molar-refractivity contribution in [1.82, 2.24) is 0 Å². The highest BCUT2D eigenvalue weighted by Gasteiger charge is 1.91. The SMILES string of the molecule is O=[N+]([O-])C=CCCc1cccs1. The Hall–Kier alpha value is -1.16. The van der Waals surface area contributed by atoms with E-state index in [1.54, 1.807) is 17.4 Å². The van der Waals surface area contributed by atoms with Crippen molar-refractivity contribution >= 4 is 11.3 Å². The molecule has 1 rings (SSSR count). The van der Waals surface area contributed by atoms with E-state index in [1.165, 1.54) is 4.88 Å². The van der Waals surface area contributed by atoms with E-state index in [0.29, 0.717) is 0 Å². The molecule has 0 saturated carbocycles. The lowest BCUT2D eigenvalue weighted by molar-refractivity contribution is -0.402. The van der Waals surface area contributed by atoms with Crippen LogP contribution in [0.15, 0.2) is 29.8 Å². The number of nitrogens with zero attached hydrogens (tertiary/aromatic N) is 1. The number of hydrogen-bond acceptors (Lipinski definition) is 3. The van der Waals surface area contributed by atoms with Gasteiger partial charge in [0.2, 0.25) is 6.20 Å². The molecule has 1 aromatic rings. The van der Waals surface area contributed by atoms with E-state index in [2.05, 4.69) is 0 Å². The monoisotopic (exact) mass is 183 g/mol. The maximum absolute atomic E-state index is 9.88. The van der Waals surface area contributed by atoms with Gasteiger partial charge in [-0.15, -0.1) is 11.3 Å². The molecular formula is C8H9NO2S. The first-order valence-electron chi connectivity index (χ1n) is 3.61. The van der Waals surface area contributed by atoms with Crippen LogP contribution in [0, 0.1) is 10.1 Å². The molecule has 0 amide bonds. The van der Waals surface area contributed by atoms with Gasteiger partial charge in [0, 0.05) is 4.88 Å². The van der Waals surface area contributed by atoms with Crippen LogP contribution >= 0.6 is 11.3 Å². The summed E-state index contributed by atoms with van der Waals surface area (Å²) in [4.78, 5) is 10.7. The molecule has 0 fully saturated rings. The Balaban J connectivity index is 2.23. The molecule has 3 nitrogen and oxygen atoms in total. The third-order valence-corrected chi connectivity index (χ3v) is 2.30. The van der Waals surface area contributed by atoms with Gasteiger partial charge in [0.25, 0.3) is 0 Å². The molecule has 1 heterocycles. The Labute approximate surface area is 74.5 Å². The molecule has 0 atom stereocenters. The molecule has 0 aliphatic rings. The van der Waals surface area contributed by atoms with Crippen molar-refractivity contribution in [3.05, 3.63) is 44.8 Å². The number of hydrogen-bond donors (Lipinski definition) is 0. The van der Waals surface area contributed by atoms with E-state index in [9.17, 15) is 10.1 Å². The van der Waals surface area contributed by atoms with Crippen LogP contribution in [0.25, 0.3) is 0 Å². The van der Waals surface area contributed by atoms with Crippen molar-refractivity contribution in [2.24, 2.45) is 0 Å². The second kappa shape index (κ2) is 4.66. The molecule has 0 aliphatic heterocycles. The van der Waals surface area contributed by atoms with Crippen molar-refractivity contribution in [3.8, 4) is 0 Å². The lowest BCUT2D eigenvalue weighted by Gasteiger charge is -1.88. The smallest absolute Gasteiger partial charge is 0.230 e. The van der Waals surface area contributed by atoms with Crippen molar-refractivity contribution < 1.29 is 4.92 Å². The zero-order chi connectivity index (χ0) is 8.81. The van der Waals surface area contributed by atoms with Crippen LogP contribution < -0.4 is 0 Å². The summed E-state index contributed by atoms with van der Waals surface area (Å²) in [6.07, 6.45) is 4.21. The van der Waals surface area contributed by atoms with E-state index in [0.717, 1.165) is 19.0 Å². The Bertz CT molecular complexity index is 267. The maximum Gasteiger partial charge on any atom is 0.230 e. The van der Waals surface area contributed by atoms with Crippen LogP contribution in [0.5, 0.6) is 0 Å². The third kappa shape index (κ3) is 3.30. The van der Waals surface area contributed by atoms with Crippen LogP contribution in [-0.4, -0.2) is 4.92 Å². The van der Waals surface area contributed by atoms with Gasteiger partial charge in [0.05, 0.1) is 4.92 Å². The predicted molar refractivity (Wildman–Crippen MR) is 48.8 cm³/mol. The minimum atomic E-state index is -0.436. The molecule has 4 heteroatoms. The topological polar surface area (TPSA) is 43.1 Å². The van der Waals surface area contributed by atoms with Crippen LogP contribution in [-0.2, 0) is 6.42 Å². The fourth-order valence-corrected chi connectivity index (χ4v) is 1.57. The zero-order valence-electron chi connectivity index (χ0n) is 6.47. The van der Waals surface area contributed by atoms with Gasteiger partial charge in [0.1, 0.15) is 0 Å². The normalized spacial score (nSPS) is 10.7. The summed E-state index contributed by atoms with van der Waals surface area (Å²) in [6, 6.07) is 4.02. The van der Waals surface area contributed by atoms with Gasteiger partial charge < -0.3 is 0 Å². The van der Waals surface area contributed by atoms with Crippen LogP contribution in [0.2, 0.25) is 0 Å². The summed E-state index contributed by atoms with van der Waals surface area (Å²) >= 11 is 1.68. The summed E-state index contributed by atoms with van der Waals surface area (Å²) in [5.41, 5.74) is 0. The van der Waals surface area contributed by atoms with E-state index < -0.39 is 4.92 Å². The Morgan fingerprint density at radius 2 is 2.50 bits per heavy atom. The highest BCUT2D eigenvalue weighted by Crippen LogP contribution is 2.10. The summed E-state index contributed by atoms with van der Waals surface area (Å²) in [5, 5.41) is 11.9. The minimum absolute atomic E-state index is 0.436. The van der Waals surface area contributed by atoms with E-state index in [4.69, 9.17) is 0 Å². The number of thiophene rings is 1. The molecule has 0 N–H and O–H groups in total. The summed E-state index contributed by atoms with van der Waals surface area (Å²) in [5.74, 6) is 0. The molecule has 0 spiro atoms. The molecule has 0 radical (unpaired) electrons. The van der Waals surface area contributed by atoms with E-state index in [1.807, 2.05) is 17.5 Å². The first-order valence-corrected chi connectivity index (χ1v) is 4.49. The van der Waals surface area contributed by atoms with Crippen molar-refractivity contribution in [1.29, 1.82) is 0 Å². The first-order chi connectivity index (χ1) is 5.79. The molecule has 0 saturated heterocycles. The molecule has 0 aliphatic carbocycles. The van der Waals surface area contributed by atoms with Gasteiger partial charge >= 0.3 is 0 Å². The summed E-state index contributed by atoms with van der Waals surface area (Å²) in [6.45, 7) is 0. The molecule has 64 valence electrons. The Morgan fingerprint density at radius 3 is 3.08 bits per heavy atom.